The van der Waals surface area contributed by atoms with Gasteiger partial charge in [-0.25, -0.2) is 0 Å². The number of hydrogen-bond acceptors (Lipinski definition) is 2. The molecule has 0 aromatic heterocycles. The smallest absolute Gasteiger partial charge is 0.253 e. The van der Waals surface area contributed by atoms with Gasteiger partial charge in [-0.3, -0.25) is 4.79 Å². The second kappa shape index (κ2) is 7.06. The molecule has 1 saturated heterocycles. The average molecular weight is 328 g/mol. The number of amides is 1. The molecule has 0 spiro atoms. The van der Waals surface area contributed by atoms with E-state index < -0.39 is 5.60 Å². The Hall–Kier alpha value is -0.870. The second-order valence-corrected chi connectivity index (χ2v) is 6.59. The molecule has 1 aromatic carbocycles. The van der Waals surface area contributed by atoms with Crippen molar-refractivity contribution in [2.45, 2.75) is 39.2 Å². The molecule has 0 bridgehead atoms. The maximum atomic E-state index is 11.9. The molecule has 1 N–H and O–H groups in total. The van der Waals surface area contributed by atoms with Gasteiger partial charge in [-0.15, -0.1) is 0 Å². The van der Waals surface area contributed by atoms with Gasteiger partial charge in [0.1, 0.15) is 0 Å². The van der Waals surface area contributed by atoms with Crippen LogP contribution in [0.4, 0.5) is 0 Å². The zero-order valence-electron chi connectivity index (χ0n) is 11.8. The summed E-state index contributed by atoms with van der Waals surface area (Å²) in [7, 11) is 0. The van der Waals surface area contributed by atoms with E-state index in [1.807, 2.05) is 29.2 Å². The first-order valence-corrected chi connectivity index (χ1v) is 7.34. The van der Waals surface area contributed by atoms with E-state index >= 15 is 0 Å². The zero-order valence-corrected chi connectivity index (χ0v) is 13.4. The van der Waals surface area contributed by atoms with Crippen LogP contribution in [0, 0.1) is 0 Å². The quantitative estimate of drug-likeness (QED) is 0.858. The molecule has 0 atom stereocenters. The normalized spacial score (nSPS) is 14.9. The third kappa shape index (κ3) is 6.73. The fourth-order valence-electron chi connectivity index (χ4n) is 1.70. The van der Waals surface area contributed by atoms with Gasteiger partial charge >= 0.3 is 0 Å². The lowest BCUT2D eigenvalue weighted by atomic mass is 10.2. The van der Waals surface area contributed by atoms with Crippen molar-refractivity contribution in [1.29, 1.82) is 0 Å². The lowest BCUT2D eigenvalue weighted by Crippen LogP contribution is -2.27. The molecule has 106 valence electrons. The van der Waals surface area contributed by atoms with Gasteiger partial charge in [0.25, 0.3) is 5.91 Å². The highest BCUT2D eigenvalue weighted by atomic mass is 79.9. The topological polar surface area (TPSA) is 40.5 Å². The van der Waals surface area contributed by atoms with Crippen LogP contribution < -0.4 is 0 Å². The molecule has 1 amide bonds. The summed E-state index contributed by atoms with van der Waals surface area (Å²) >= 11 is 3.35. The monoisotopic (exact) mass is 327 g/mol. The van der Waals surface area contributed by atoms with Gasteiger partial charge in [0.05, 0.1) is 5.60 Å². The SMILES string of the molecule is CC(C)(C)O.O=C(c1ccc(Br)cc1)N1CCCC1. The molecule has 0 aliphatic carbocycles. The summed E-state index contributed by atoms with van der Waals surface area (Å²) in [5.74, 6) is 0.162. The van der Waals surface area contributed by atoms with Gasteiger partial charge in [0.15, 0.2) is 0 Å². The predicted octanol–water partition coefficient (Wildman–Crippen LogP) is 3.46. The molecule has 1 heterocycles. The number of carbonyl (C=O) groups is 1. The van der Waals surface area contributed by atoms with E-state index in [2.05, 4.69) is 15.9 Å². The van der Waals surface area contributed by atoms with Gasteiger partial charge in [-0.2, -0.15) is 0 Å². The highest BCUT2D eigenvalue weighted by Crippen LogP contribution is 2.15. The van der Waals surface area contributed by atoms with Crippen LogP contribution in [-0.2, 0) is 0 Å². The highest BCUT2D eigenvalue weighted by Gasteiger charge is 2.18. The minimum atomic E-state index is -0.500. The third-order valence-electron chi connectivity index (χ3n) is 2.48. The summed E-state index contributed by atoms with van der Waals surface area (Å²) in [5.41, 5.74) is 0.287. The Bertz CT molecular complexity index is 397. The molecule has 19 heavy (non-hydrogen) atoms. The van der Waals surface area contributed by atoms with Crippen LogP contribution in [0.1, 0.15) is 44.0 Å². The van der Waals surface area contributed by atoms with Crippen molar-refractivity contribution in [2.75, 3.05) is 13.1 Å². The van der Waals surface area contributed by atoms with E-state index in [0.29, 0.717) is 0 Å². The molecule has 2 rings (SSSR count). The first kappa shape index (κ1) is 16.2. The average Bonchev–Trinajstić information content (AvgIpc) is 2.80. The Morgan fingerprint density at radius 1 is 1.16 bits per heavy atom. The van der Waals surface area contributed by atoms with Crippen LogP contribution >= 0.6 is 15.9 Å². The number of hydrogen-bond donors (Lipinski definition) is 1. The zero-order chi connectivity index (χ0) is 14.5. The number of nitrogens with zero attached hydrogens (tertiary/aromatic N) is 1. The third-order valence-corrected chi connectivity index (χ3v) is 3.01. The Balaban J connectivity index is 0.000000312. The molecule has 0 radical (unpaired) electrons. The standard InChI is InChI=1S/C11H12BrNO.C4H10O/c12-10-5-3-9(4-6-10)11(14)13-7-1-2-8-13;1-4(2,3)5/h3-6H,1-2,7-8H2;5H,1-3H3. The van der Waals surface area contributed by atoms with Crippen LogP contribution in [0.15, 0.2) is 28.7 Å². The Kier molecular flexibility index (Phi) is 6.01. The lowest BCUT2D eigenvalue weighted by Gasteiger charge is -2.14. The van der Waals surface area contributed by atoms with Crippen molar-refractivity contribution in [3.8, 4) is 0 Å². The van der Waals surface area contributed by atoms with Crippen LogP contribution in [-0.4, -0.2) is 34.6 Å². The largest absolute Gasteiger partial charge is 0.391 e. The first-order chi connectivity index (χ1) is 8.77. The van der Waals surface area contributed by atoms with E-state index in [4.69, 9.17) is 5.11 Å². The molecular formula is C15H22BrNO2. The van der Waals surface area contributed by atoms with Gasteiger partial charge in [0, 0.05) is 23.1 Å². The number of carbonyl (C=O) groups excluding carboxylic acids is 1. The van der Waals surface area contributed by atoms with Gasteiger partial charge < -0.3 is 10.0 Å². The summed E-state index contributed by atoms with van der Waals surface area (Å²) in [6.07, 6.45) is 2.28. The molecule has 0 saturated carbocycles. The van der Waals surface area contributed by atoms with Crippen LogP contribution in [0.3, 0.4) is 0 Å². The number of benzene rings is 1. The molecule has 1 aliphatic rings. The maximum absolute atomic E-state index is 11.9. The van der Waals surface area contributed by atoms with E-state index in [1.54, 1.807) is 20.8 Å². The molecule has 4 heteroatoms. The minimum absolute atomic E-state index is 0.162. The van der Waals surface area contributed by atoms with Gasteiger partial charge in [-0.05, 0) is 57.9 Å². The van der Waals surface area contributed by atoms with Crippen molar-refractivity contribution < 1.29 is 9.90 Å². The first-order valence-electron chi connectivity index (χ1n) is 6.54. The molecule has 0 unspecified atom stereocenters. The van der Waals surface area contributed by atoms with Crippen LogP contribution in [0.5, 0.6) is 0 Å². The predicted molar refractivity (Wildman–Crippen MR) is 81.3 cm³/mol. The molecule has 1 aliphatic heterocycles. The van der Waals surface area contributed by atoms with E-state index in [-0.39, 0.29) is 5.91 Å². The summed E-state index contributed by atoms with van der Waals surface area (Å²) in [5, 5.41) is 8.52. The van der Waals surface area contributed by atoms with Crippen LogP contribution in [0.25, 0.3) is 0 Å². The summed E-state index contributed by atoms with van der Waals surface area (Å²) < 4.78 is 1.01. The number of aliphatic hydroxyl groups is 1. The number of rotatable bonds is 1. The van der Waals surface area contributed by atoms with Crippen LogP contribution in [0.2, 0.25) is 0 Å². The fraction of sp³-hybridized carbons (Fsp3) is 0.533. The van der Waals surface area contributed by atoms with Crippen molar-refractivity contribution in [1.82, 2.24) is 4.90 Å². The van der Waals surface area contributed by atoms with Gasteiger partial charge in [0.2, 0.25) is 0 Å². The maximum Gasteiger partial charge on any atom is 0.253 e. The van der Waals surface area contributed by atoms with E-state index in [1.165, 1.54) is 0 Å². The molecular weight excluding hydrogens is 306 g/mol. The second-order valence-electron chi connectivity index (χ2n) is 5.68. The Labute approximate surface area is 123 Å². The highest BCUT2D eigenvalue weighted by molar-refractivity contribution is 9.10. The number of halogens is 1. The van der Waals surface area contributed by atoms with Crippen molar-refractivity contribution in [3.05, 3.63) is 34.3 Å². The molecule has 1 aromatic rings. The Morgan fingerprint density at radius 2 is 1.58 bits per heavy atom. The molecule has 1 fully saturated rings. The summed E-state index contributed by atoms with van der Waals surface area (Å²) in [6.45, 7) is 7.05. The molecule has 3 nitrogen and oxygen atoms in total. The lowest BCUT2D eigenvalue weighted by molar-refractivity contribution is 0.0792. The van der Waals surface area contributed by atoms with E-state index in [9.17, 15) is 4.79 Å². The minimum Gasteiger partial charge on any atom is -0.391 e. The van der Waals surface area contributed by atoms with E-state index in [0.717, 1.165) is 36.0 Å². The van der Waals surface area contributed by atoms with Crippen molar-refractivity contribution >= 4 is 21.8 Å². The Morgan fingerprint density at radius 3 is 2.00 bits per heavy atom. The van der Waals surface area contributed by atoms with Gasteiger partial charge in [-0.1, -0.05) is 15.9 Å². The van der Waals surface area contributed by atoms with Crippen molar-refractivity contribution in [3.63, 3.8) is 0 Å². The summed E-state index contributed by atoms with van der Waals surface area (Å²) in [6, 6.07) is 7.54. The number of likely N-dealkylation sites (tertiary alicyclic amines) is 1. The fourth-order valence-corrected chi connectivity index (χ4v) is 1.96. The van der Waals surface area contributed by atoms with Crippen molar-refractivity contribution in [2.24, 2.45) is 0 Å². The summed E-state index contributed by atoms with van der Waals surface area (Å²) in [4.78, 5) is 13.8.